The number of hydrogen-bond acceptors (Lipinski definition) is 4. The van der Waals surface area contributed by atoms with Gasteiger partial charge in [-0.15, -0.1) is 11.3 Å². The molecule has 0 spiro atoms. The third-order valence-electron chi connectivity index (χ3n) is 4.82. The lowest BCUT2D eigenvalue weighted by molar-refractivity contribution is 0.390. The van der Waals surface area contributed by atoms with Crippen molar-refractivity contribution in [3.63, 3.8) is 0 Å². The quantitative estimate of drug-likeness (QED) is 0.588. The van der Waals surface area contributed by atoms with Gasteiger partial charge < -0.3 is 5.32 Å². The van der Waals surface area contributed by atoms with E-state index in [0.29, 0.717) is 6.04 Å². The SMILES string of the molecule is CC1Cn2nc(-c3ccc4ccsc4c3)c(-c3ccncc3)c2CN1. The largest absolute Gasteiger partial charge is 0.307 e. The Bertz CT molecular complexity index is 1050. The van der Waals surface area contributed by atoms with Crippen molar-refractivity contribution in [3.8, 4) is 22.4 Å². The first-order valence-corrected chi connectivity index (χ1v) is 9.38. The molecule has 5 heteroatoms. The van der Waals surface area contributed by atoms with Crippen molar-refractivity contribution in [2.45, 2.75) is 26.1 Å². The molecule has 0 radical (unpaired) electrons. The number of thiophene rings is 1. The molecule has 4 nitrogen and oxygen atoms in total. The van der Waals surface area contributed by atoms with Crippen LogP contribution in [0.1, 0.15) is 12.6 Å². The van der Waals surface area contributed by atoms with Gasteiger partial charge in [0.2, 0.25) is 0 Å². The number of benzene rings is 1. The molecule has 5 rings (SSSR count). The van der Waals surface area contributed by atoms with Crippen LogP contribution < -0.4 is 5.32 Å². The first-order valence-electron chi connectivity index (χ1n) is 8.51. The number of nitrogens with zero attached hydrogens (tertiary/aromatic N) is 3. The third-order valence-corrected chi connectivity index (χ3v) is 5.70. The minimum absolute atomic E-state index is 0.435. The highest BCUT2D eigenvalue weighted by atomic mass is 32.1. The van der Waals surface area contributed by atoms with Gasteiger partial charge in [-0.3, -0.25) is 9.67 Å². The molecule has 4 aromatic rings. The van der Waals surface area contributed by atoms with Gasteiger partial charge in [-0.25, -0.2) is 0 Å². The van der Waals surface area contributed by atoms with Crippen LogP contribution in [-0.2, 0) is 13.1 Å². The average molecular weight is 346 g/mol. The molecule has 124 valence electrons. The fourth-order valence-corrected chi connectivity index (χ4v) is 4.38. The Balaban J connectivity index is 1.75. The first kappa shape index (κ1) is 14.8. The number of aromatic nitrogens is 3. The molecule has 1 aromatic carbocycles. The highest BCUT2D eigenvalue weighted by Crippen LogP contribution is 2.37. The fourth-order valence-electron chi connectivity index (χ4n) is 3.55. The summed E-state index contributed by atoms with van der Waals surface area (Å²) in [5, 5.41) is 12.0. The van der Waals surface area contributed by atoms with Gasteiger partial charge >= 0.3 is 0 Å². The standard InChI is InChI=1S/C20H18N4S/c1-13-12-24-17(11-22-13)19(15-4-7-21-8-5-15)20(23-24)16-3-2-14-6-9-25-18(14)10-16/h2-10,13,22H,11-12H2,1H3. The summed E-state index contributed by atoms with van der Waals surface area (Å²) in [6.45, 7) is 3.94. The second-order valence-electron chi connectivity index (χ2n) is 6.54. The van der Waals surface area contributed by atoms with Crippen LogP contribution in [0.3, 0.4) is 0 Å². The summed E-state index contributed by atoms with van der Waals surface area (Å²) in [4.78, 5) is 4.17. The van der Waals surface area contributed by atoms with Gasteiger partial charge in [0.1, 0.15) is 5.69 Å². The van der Waals surface area contributed by atoms with Crippen LogP contribution in [-0.4, -0.2) is 20.8 Å². The van der Waals surface area contributed by atoms with Gasteiger partial charge in [0, 0.05) is 40.8 Å². The Morgan fingerprint density at radius 1 is 1.12 bits per heavy atom. The Morgan fingerprint density at radius 3 is 2.88 bits per heavy atom. The molecule has 0 fully saturated rings. The molecule has 0 aliphatic carbocycles. The maximum absolute atomic E-state index is 5.00. The van der Waals surface area contributed by atoms with Gasteiger partial charge in [0.25, 0.3) is 0 Å². The maximum Gasteiger partial charge on any atom is 0.101 e. The predicted molar refractivity (Wildman–Crippen MR) is 103 cm³/mol. The lowest BCUT2D eigenvalue weighted by Gasteiger charge is -2.22. The summed E-state index contributed by atoms with van der Waals surface area (Å²) in [5.41, 5.74) is 5.89. The zero-order chi connectivity index (χ0) is 16.8. The van der Waals surface area contributed by atoms with E-state index in [9.17, 15) is 0 Å². The number of nitrogens with one attached hydrogen (secondary N) is 1. The fraction of sp³-hybridized carbons (Fsp3) is 0.200. The summed E-state index contributed by atoms with van der Waals surface area (Å²) < 4.78 is 3.47. The van der Waals surface area contributed by atoms with Crippen LogP contribution in [0.4, 0.5) is 0 Å². The van der Waals surface area contributed by atoms with Crippen molar-refractivity contribution in [1.29, 1.82) is 0 Å². The summed E-state index contributed by atoms with van der Waals surface area (Å²) >= 11 is 1.78. The lowest BCUT2D eigenvalue weighted by atomic mass is 9.98. The molecule has 4 heterocycles. The number of rotatable bonds is 2. The molecular weight excluding hydrogens is 328 g/mol. The molecule has 0 amide bonds. The van der Waals surface area contributed by atoms with E-state index >= 15 is 0 Å². The molecule has 1 aliphatic rings. The molecule has 1 unspecified atom stereocenters. The van der Waals surface area contributed by atoms with Crippen molar-refractivity contribution in [2.24, 2.45) is 0 Å². The summed E-state index contributed by atoms with van der Waals surface area (Å²) in [5.74, 6) is 0. The van der Waals surface area contributed by atoms with Gasteiger partial charge in [-0.1, -0.05) is 12.1 Å². The van der Waals surface area contributed by atoms with Crippen LogP contribution in [0.15, 0.2) is 54.2 Å². The van der Waals surface area contributed by atoms with Crippen molar-refractivity contribution < 1.29 is 0 Å². The van der Waals surface area contributed by atoms with Crippen LogP contribution in [0.25, 0.3) is 32.5 Å². The highest BCUT2D eigenvalue weighted by Gasteiger charge is 2.24. The molecule has 1 atom stereocenters. The maximum atomic E-state index is 5.00. The molecule has 1 aliphatic heterocycles. The van der Waals surface area contributed by atoms with E-state index in [4.69, 9.17) is 5.10 Å². The zero-order valence-corrected chi connectivity index (χ0v) is 14.8. The molecule has 0 saturated heterocycles. The zero-order valence-electron chi connectivity index (χ0n) is 13.9. The Hall–Kier alpha value is -2.50. The molecule has 0 saturated carbocycles. The smallest absolute Gasteiger partial charge is 0.101 e. The summed E-state index contributed by atoms with van der Waals surface area (Å²) in [7, 11) is 0. The van der Waals surface area contributed by atoms with Gasteiger partial charge in [0.15, 0.2) is 0 Å². The third kappa shape index (κ3) is 2.47. The Kier molecular flexibility index (Phi) is 3.43. The van der Waals surface area contributed by atoms with Crippen molar-refractivity contribution in [3.05, 3.63) is 59.9 Å². The normalized spacial score (nSPS) is 16.9. The van der Waals surface area contributed by atoms with Crippen LogP contribution in [0, 0.1) is 0 Å². The minimum Gasteiger partial charge on any atom is -0.307 e. The van der Waals surface area contributed by atoms with Crippen LogP contribution in [0.2, 0.25) is 0 Å². The molecule has 3 aromatic heterocycles. The minimum atomic E-state index is 0.435. The van der Waals surface area contributed by atoms with Gasteiger partial charge in [-0.2, -0.15) is 5.10 Å². The molecule has 1 N–H and O–H groups in total. The highest BCUT2D eigenvalue weighted by molar-refractivity contribution is 7.17. The van der Waals surface area contributed by atoms with Gasteiger partial charge in [-0.05, 0) is 47.5 Å². The first-order chi connectivity index (χ1) is 12.3. The van der Waals surface area contributed by atoms with E-state index in [0.717, 1.165) is 18.8 Å². The lowest BCUT2D eigenvalue weighted by Crippen LogP contribution is -2.36. The predicted octanol–water partition coefficient (Wildman–Crippen LogP) is 4.32. The second kappa shape index (κ2) is 5.79. The number of fused-ring (bicyclic) bond motifs is 2. The van der Waals surface area contributed by atoms with Crippen molar-refractivity contribution >= 4 is 21.4 Å². The monoisotopic (exact) mass is 346 g/mol. The van der Waals surface area contributed by atoms with E-state index in [1.54, 1.807) is 11.3 Å². The van der Waals surface area contributed by atoms with Crippen molar-refractivity contribution in [2.75, 3.05) is 0 Å². The average Bonchev–Trinajstić information content (AvgIpc) is 3.25. The Morgan fingerprint density at radius 2 is 2.00 bits per heavy atom. The Labute approximate surface area is 150 Å². The van der Waals surface area contributed by atoms with Crippen LogP contribution in [0.5, 0.6) is 0 Å². The van der Waals surface area contributed by atoms with Gasteiger partial charge in [0.05, 0.1) is 12.2 Å². The second-order valence-corrected chi connectivity index (χ2v) is 7.49. The topological polar surface area (TPSA) is 42.7 Å². The van der Waals surface area contributed by atoms with Crippen LogP contribution >= 0.6 is 11.3 Å². The summed E-state index contributed by atoms with van der Waals surface area (Å²) in [6.07, 6.45) is 3.70. The van der Waals surface area contributed by atoms with E-state index in [2.05, 4.69) is 63.7 Å². The number of pyridine rings is 1. The molecule has 0 bridgehead atoms. The van der Waals surface area contributed by atoms with E-state index in [1.807, 2.05) is 12.4 Å². The van der Waals surface area contributed by atoms with E-state index in [1.165, 1.54) is 32.5 Å². The molecule has 25 heavy (non-hydrogen) atoms. The van der Waals surface area contributed by atoms with E-state index in [-0.39, 0.29) is 0 Å². The molecular formula is C20H18N4S. The number of hydrogen-bond donors (Lipinski definition) is 1. The van der Waals surface area contributed by atoms with E-state index < -0.39 is 0 Å². The van der Waals surface area contributed by atoms with Crippen molar-refractivity contribution in [1.82, 2.24) is 20.1 Å². The summed E-state index contributed by atoms with van der Waals surface area (Å²) in [6, 6.07) is 13.4.